The first-order chi connectivity index (χ1) is 11.3. The summed E-state index contributed by atoms with van der Waals surface area (Å²) in [5, 5.41) is 6.73. The van der Waals surface area contributed by atoms with Crippen molar-refractivity contribution in [3.05, 3.63) is 41.7 Å². The highest BCUT2D eigenvalue weighted by atomic mass is 19.1. The molecule has 0 aliphatic heterocycles. The number of benzene rings is 1. The lowest BCUT2D eigenvalue weighted by molar-refractivity contribution is -0.147. The third kappa shape index (κ3) is 3.42. The monoisotopic (exact) mass is 334 g/mol. The first kappa shape index (κ1) is 17.6. The number of aryl methyl sites for hydroxylation is 1. The Morgan fingerprint density at radius 2 is 1.96 bits per heavy atom. The van der Waals surface area contributed by atoms with Gasteiger partial charge in [0, 0.05) is 0 Å². The zero-order valence-electron chi connectivity index (χ0n) is 14.0. The molecule has 0 unspecified atom stereocenters. The zero-order chi connectivity index (χ0) is 17.9. The number of hydrogen-bond donors (Lipinski definition) is 1. The first-order valence-corrected chi connectivity index (χ1v) is 7.41. The van der Waals surface area contributed by atoms with Crippen LogP contribution in [0.25, 0.3) is 5.69 Å². The predicted molar refractivity (Wildman–Crippen MR) is 84.2 cm³/mol. The maximum Gasteiger partial charge on any atom is 0.331 e. The number of nitrogens with one attached hydrogen (secondary N) is 1. The molecule has 24 heavy (non-hydrogen) atoms. The molecule has 2 aromatic rings. The number of halogens is 1. The van der Waals surface area contributed by atoms with Crippen molar-refractivity contribution in [1.82, 2.24) is 20.1 Å². The largest absolute Gasteiger partial charge is 0.467 e. The molecule has 128 valence electrons. The molecule has 0 fully saturated rings. The lowest BCUT2D eigenvalue weighted by Gasteiger charge is -2.25. The van der Waals surface area contributed by atoms with Crippen molar-refractivity contribution < 1.29 is 18.7 Å². The van der Waals surface area contributed by atoms with Crippen molar-refractivity contribution in [1.29, 1.82) is 0 Å². The van der Waals surface area contributed by atoms with Crippen LogP contribution < -0.4 is 5.32 Å². The Bertz CT molecular complexity index is 757. The molecule has 0 aliphatic rings. The standard InChI is InChI=1S/C16H19FN4O3/c1-5-16(3,15(23)24-4)19-14(22)13-18-10(2)21(20-13)12-8-6-11(17)7-9-12/h6-9H,5H2,1-4H3,(H,19,22)/t16-/m1/s1. The van der Waals surface area contributed by atoms with Gasteiger partial charge in [-0.15, -0.1) is 5.10 Å². The fraction of sp³-hybridized carbons (Fsp3) is 0.375. The molecular weight excluding hydrogens is 315 g/mol. The van der Waals surface area contributed by atoms with Crippen LogP contribution in [-0.4, -0.2) is 39.3 Å². The number of rotatable bonds is 5. The Labute approximate surface area is 138 Å². The van der Waals surface area contributed by atoms with Crippen LogP contribution in [0, 0.1) is 12.7 Å². The van der Waals surface area contributed by atoms with E-state index < -0.39 is 17.4 Å². The number of aromatic nitrogens is 3. The Balaban J connectivity index is 2.27. The number of carbonyl (C=O) groups excluding carboxylic acids is 2. The van der Waals surface area contributed by atoms with E-state index in [0.29, 0.717) is 17.9 Å². The minimum Gasteiger partial charge on any atom is -0.467 e. The second-order valence-electron chi connectivity index (χ2n) is 5.50. The normalized spacial score (nSPS) is 13.2. The highest BCUT2D eigenvalue weighted by Gasteiger charge is 2.35. The lowest BCUT2D eigenvalue weighted by Crippen LogP contribution is -2.52. The maximum absolute atomic E-state index is 13.0. The van der Waals surface area contributed by atoms with Gasteiger partial charge in [-0.25, -0.2) is 18.9 Å². The molecule has 0 spiro atoms. The van der Waals surface area contributed by atoms with Crippen LogP contribution >= 0.6 is 0 Å². The summed E-state index contributed by atoms with van der Waals surface area (Å²) < 4.78 is 19.2. The van der Waals surface area contributed by atoms with Gasteiger partial charge in [0.25, 0.3) is 5.91 Å². The summed E-state index contributed by atoms with van der Waals surface area (Å²) >= 11 is 0. The summed E-state index contributed by atoms with van der Waals surface area (Å²) in [6.07, 6.45) is 0.350. The fourth-order valence-corrected chi connectivity index (χ4v) is 2.13. The number of hydrogen-bond acceptors (Lipinski definition) is 5. The van der Waals surface area contributed by atoms with Crippen molar-refractivity contribution in [2.24, 2.45) is 0 Å². The van der Waals surface area contributed by atoms with Gasteiger partial charge in [-0.3, -0.25) is 4.79 Å². The Kier molecular flexibility index (Phi) is 4.96. The summed E-state index contributed by atoms with van der Waals surface area (Å²) in [5.41, 5.74) is -0.590. The van der Waals surface area contributed by atoms with Crippen LogP contribution in [0.15, 0.2) is 24.3 Å². The van der Waals surface area contributed by atoms with Crippen molar-refractivity contribution in [3.63, 3.8) is 0 Å². The topological polar surface area (TPSA) is 86.1 Å². The smallest absolute Gasteiger partial charge is 0.331 e. The van der Waals surface area contributed by atoms with Gasteiger partial charge in [-0.2, -0.15) is 0 Å². The zero-order valence-corrected chi connectivity index (χ0v) is 14.0. The highest BCUT2D eigenvalue weighted by Crippen LogP contribution is 2.14. The molecule has 0 aliphatic carbocycles. The van der Waals surface area contributed by atoms with Crippen LogP contribution in [-0.2, 0) is 9.53 Å². The minimum absolute atomic E-state index is 0.0830. The van der Waals surface area contributed by atoms with E-state index >= 15 is 0 Å². The molecule has 1 N–H and O–H groups in total. The maximum atomic E-state index is 13.0. The van der Waals surface area contributed by atoms with E-state index in [1.807, 2.05) is 0 Å². The highest BCUT2D eigenvalue weighted by molar-refractivity contribution is 5.95. The summed E-state index contributed by atoms with van der Waals surface area (Å²) in [4.78, 5) is 28.3. The third-order valence-electron chi connectivity index (χ3n) is 3.78. The van der Waals surface area contributed by atoms with Gasteiger partial charge in [0.2, 0.25) is 5.82 Å². The quantitative estimate of drug-likeness (QED) is 0.843. The summed E-state index contributed by atoms with van der Waals surface area (Å²) in [6.45, 7) is 5.00. The second-order valence-corrected chi connectivity index (χ2v) is 5.50. The molecular formula is C16H19FN4O3. The minimum atomic E-state index is -1.17. The molecule has 0 bridgehead atoms. The summed E-state index contributed by atoms with van der Waals surface area (Å²) in [7, 11) is 1.26. The molecule has 0 saturated carbocycles. The van der Waals surface area contributed by atoms with E-state index in [0.717, 1.165) is 0 Å². The molecule has 1 atom stereocenters. The Morgan fingerprint density at radius 1 is 1.33 bits per heavy atom. The lowest BCUT2D eigenvalue weighted by atomic mass is 9.99. The predicted octanol–water partition coefficient (Wildman–Crippen LogP) is 1.79. The van der Waals surface area contributed by atoms with Crippen molar-refractivity contribution in [3.8, 4) is 5.69 Å². The molecule has 1 amide bonds. The number of esters is 1. The number of carbonyl (C=O) groups is 2. The molecule has 1 heterocycles. The number of methoxy groups -OCH3 is 1. The van der Waals surface area contributed by atoms with E-state index in [1.54, 1.807) is 20.8 Å². The van der Waals surface area contributed by atoms with Crippen LogP contribution in [0.1, 0.15) is 36.7 Å². The van der Waals surface area contributed by atoms with Crippen molar-refractivity contribution >= 4 is 11.9 Å². The van der Waals surface area contributed by atoms with Crippen molar-refractivity contribution in [2.75, 3.05) is 7.11 Å². The molecule has 1 aromatic heterocycles. The van der Waals surface area contributed by atoms with E-state index in [4.69, 9.17) is 4.74 Å². The van der Waals surface area contributed by atoms with Crippen LogP contribution in [0.3, 0.4) is 0 Å². The van der Waals surface area contributed by atoms with Gasteiger partial charge in [-0.1, -0.05) is 6.92 Å². The fourth-order valence-electron chi connectivity index (χ4n) is 2.13. The summed E-state index contributed by atoms with van der Waals surface area (Å²) in [6, 6.07) is 5.65. The molecule has 7 nitrogen and oxygen atoms in total. The number of ether oxygens (including phenoxy) is 1. The Morgan fingerprint density at radius 3 is 2.50 bits per heavy atom. The van der Waals surface area contributed by atoms with Crippen LogP contribution in [0.2, 0.25) is 0 Å². The van der Waals surface area contributed by atoms with E-state index in [1.165, 1.54) is 36.1 Å². The van der Waals surface area contributed by atoms with Gasteiger partial charge in [0.15, 0.2) is 0 Å². The van der Waals surface area contributed by atoms with Gasteiger partial charge in [0.05, 0.1) is 12.8 Å². The van der Waals surface area contributed by atoms with E-state index in [2.05, 4.69) is 15.4 Å². The third-order valence-corrected chi connectivity index (χ3v) is 3.78. The Hall–Kier alpha value is -2.77. The van der Waals surface area contributed by atoms with Gasteiger partial charge in [0.1, 0.15) is 17.2 Å². The van der Waals surface area contributed by atoms with E-state index in [9.17, 15) is 14.0 Å². The van der Waals surface area contributed by atoms with Gasteiger partial charge in [-0.05, 0) is 44.5 Å². The molecule has 1 aromatic carbocycles. The molecule has 8 heteroatoms. The number of nitrogens with zero attached hydrogens (tertiary/aromatic N) is 3. The van der Waals surface area contributed by atoms with Crippen LogP contribution in [0.4, 0.5) is 4.39 Å². The molecule has 2 rings (SSSR count). The number of amides is 1. The summed E-state index contributed by atoms with van der Waals surface area (Å²) in [5.74, 6) is -1.13. The molecule has 0 saturated heterocycles. The van der Waals surface area contributed by atoms with E-state index in [-0.39, 0.29) is 11.6 Å². The first-order valence-electron chi connectivity index (χ1n) is 7.41. The van der Waals surface area contributed by atoms with Gasteiger partial charge < -0.3 is 10.1 Å². The van der Waals surface area contributed by atoms with Crippen molar-refractivity contribution in [2.45, 2.75) is 32.7 Å². The average Bonchev–Trinajstić information content (AvgIpc) is 2.96. The molecule has 0 radical (unpaired) electrons. The average molecular weight is 334 g/mol. The van der Waals surface area contributed by atoms with Gasteiger partial charge >= 0.3 is 5.97 Å². The van der Waals surface area contributed by atoms with Crippen LogP contribution in [0.5, 0.6) is 0 Å². The second kappa shape index (κ2) is 6.77. The SMILES string of the molecule is CC[C@@](C)(NC(=O)c1nc(C)n(-c2ccc(F)cc2)n1)C(=O)OC.